The number of carbonyl (C=O) groups is 1. The van der Waals surface area contributed by atoms with Crippen molar-refractivity contribution in [1.29, 1.82) is 0 Å². The lowest BCUT2D eigenvalue weighted by Crippen LogP contribution is -2.67. The fraction of sp³-hybridized carbons (Fsp3) is 0.900. The number of fused-ring (bicyclic) bond motifs is 7. The van der Waals surface area contributed by atoms with E-state index in [9.17, 15) is 9.90 Å². The Bertz CT molecular complexity index is 868. The Kier molecular flexibility index (Phi) is 4.71. The molecule has 0 aromatic heterocycles. The lowest BCUT2D eigenvalue weighted by atomic mass is 9.32. The molecule has 5 rings (SSSR count). The van der Waals surface area contributed by atoms with E-state index >= 15 is 0 Å². The molecule has 0 aromatic rings. The third-order valence-electron chi connectivity index (χ3n) is 13.0. The number of rotatable bonds is 1. The maximum Gasteiger partial charge on any atom is 0.162 e. The minimum Gasteiger partial charge on any atom is -0.385 e. The van der Waals surface area contributed by atoms with Crippen LogP contribution < -0.4 is 0 Å². The highest BCUT2D eigenvalue weighted by Gasteiger charge is 2.72. The summed E-state index contributed by atoms with van der Waals surface area (Å²) < 4.78 is 0. The molecule has 2 heteroatoms. The number of ketones is 1. The molecule has 1 N–H and O–H groups in total. The molecule has 32 heavy (non-hydrogen) atoms. The number of allylic oxidation sites excluding steroid dienone is 1. The van der Waals surface area contributed by atoms with Crippen molar-refractivity contribution >= 4 is 5.78 Å². The van der Waals surface area contributed by atoms with Gasteiger partial charge in [-0.1, -0.05) is 61.8 Å². The second kappa shape index (κ2) is 6.52. The summed E-state index contributed by atoms with van der Waals surface area (Å²) >= 11 is 0. The lowest BCUT2D eigenvalue weighted by Gasteiger charge is -2.71. The molecule has 0 bridgehead atoms. The van der Waals surface area contributed by atoms with E-state index in [0.29, 0.717) is 28.4 Å². The number of aliphatic hydroxyl groups is 1. The van der Waals surface area contributed by atoms with Crippen LogP contribution in [0.15, 0.2) is 11.6 Å². The normalized spacial score (nSPS) is 54.4. The highest BCUT2D eigenvalue weighted by molar-refractivity contribution is 5.98. The van der Waals surface area contributed by atoms with Gasteiger partial charge in [-0.2, -0.15) is 0 Å². The highest BCUT2D eigenvalue weighted by Crippen LogP contribution is 2.76. The molecule has 0 aliphatic heterocycles. The molecule has 0 spiro atoms. The standard InChI is InChI=1S/C30H48O2/c1-19(2)30(32)17-16-27(6)22-11-10-21-26(5)14-9-13-25(3,4)20(26)12-15-28(21,7)29(22,8)24(31)18-23(27)30/h18-22,32H,9-17H2,1-8H3. The van der Waals surface area contributed by atoms with E-state index in [1.54, 1.807) is 0 Å². The fourth-order valence-electron chi connectivity index (χ4n) is 11.1. The van der Waals surface area contributed by atoms with Crippen LogP contribution in [0, 0.1) is 50.7 Å². The van der Waals surface area contributed by atoms with Crippen LogP contribution in [0.3, 0.4) is 0 Å². The molecule has 0 radical (unpaired) electrons. The molecule has 4 fully saturated rings. The number of hydrogen-bond acceptors (Lipinski definition) is 2. The molecule has 0 saturated heterocycles. The Morgan fingerprint density at radius 2 is 1.50 bits per heavy atom. The average Bonchev–Trinajstić information content (AvgIpc) is 2.95. The van der Waals surface area contributed by atoms with Crippen molar-refractivity contribution in [3.05, 3.63) is 11.6 Å². The number of carbonyl (C=O) groups excluding carboxylic acids is 1. The largest absolute Gasteiger partial charge is 0.385 e. The Morgan fingerprint density at radius 1 is 0.844 bits per heavy atom. The molecule has 5 aliphatic rings. The van der Waals surface area contributed by atoms with Gasteiger partial charge in [-0.25, -0.2) is 0 Å². The number of hydrogen-bond donors (Lipinski definition) is 1. The zero-order chi connectivity index (χ0) is 23.5. The van der Waals surface area contributed by atoms with Crippen LogP contribution in [0.2, 0.25) is 0 Å². The second-order valence-electron chi connectivity index (χ2n) is 14.7. The van der Waals surface area contributed by atoms with Crippen LogP contribution in [0.1, 0.15) is 113 Å². The molecule has 8 unspecified atom stereocenters. The minimum atomic E-state index is -0.805. The van der Waals surface area contributed by atoms with Crippen molar-refractivity contribution in [2.75, 3.05) is 0 Å². The Labute approximate surface area is 197 Å². The summed E-state index contributed by atoms with van der Waals surface area (Å²) in [6.45, 7) is 19.1. The topological polar surface area (TPSA) is 37.3 Å². The van der Waals surface area contributed by atoms with E-state index in [2.05, 4.69) is 55.4 Å². The molecule has 8 atom stereocenters. The van der Waals surface area contributed by atoms with Crippen LogP contribution in [-0.4, -0.2) is 16.5 Å². The predicted molar refractivity (Wildman–Crippen MR) is 131 cm³/mol. The third-order valence-corrected chi connectivity index (χ3v) is 13.0. The average molecular weight is 441 g/mol. The van der Waals surface area contributed by atoms with E-state index in [1.807, 2.05) is 6.08 Å². The lowest BCUT2D eigenvalue weighted by molar-refractivity contribution is -0.216. The van der Waals surface area contributed by atoms with Gasteiger partial charge in [0.25, 0.3) is 0 Å². The molecular weight excluding hydrogens is 392 g/mol. The Morgan fingerprint density at radius 3 is 2.16 bits per heavy atom. The molecule has 0 aromatic carbocycles. The van der Waals surface area contributed by atoms with Gasteiger partial charge >= 0.3 is 0 Å². The van der Waals surface area contributed by atoms with E-state index in [4.69, 9.17) is 0 Å². The van der Waals surface area contributed by atoms with Crippen molar-refractivity contribution in [1.82, 2.24) is 0 Å². The van der Waals surface area contributed by atoms with Gasteiger partial charge < -0.3 is 5.11 Å². The van der Waals surface area contributed by atoms with Crippen LogP contribution in [0.5, 0.6) is 0 Å². The molecule has 0 heterocycles. The maximum absolute atomic E-state index is 14.2. The second-order valence-corrected chi connectivity index (χ2v) is 14.7. The summed E-state index contributed by atoms with van der Waals surface area (Å²) in [4.78, 5) is 14.2. The summed E-state index contributed by atoms with van der Waals surface area (Å²) in [5.41, 5.74) is 0.734. The highest BCUT2D eigenvalue weighted by atomic mass is 16.3. The van der Waals surface area contributed by atoms with Gasteiger partial charge in [0.1, 0.15) is 0 Å². The third kappa shape index (κ3) is 2.44. The van der Waals surface area contributed by atoms with Crippen LogP contribution in [0.25, 0.3) is 0 Å². The summed E-state index contributed by atoms with van der Waals surface area (Å²) in [5.74, 6) is 2.24. The molecule has 180 valence electrons. The van der Waals surface area contributed by atoms with Gasteiger partial charge in [-0.15, -0.1) is 0 Å². The van der Waals surface area contributed by atoms with E-state index in [-0.39, 0.29) is 22.2 Å². The van der Waals surface area contributed by atoms with Crippen LogP contribution in [0.4, 0.5) is 0 Å². The minimum absolute atomic E-state index is 0.0424. The summed E-state index contributed by atoms with van der Waals surface area (Å²) in [6.07, 6.45) is 12.7. The molecule has 5 aliphatic carbocycles. The van der Waals surface area contributed by atoms with Crippen molar-refractivity contribution in [2.24, 2.45) is 50.7 Å². The predicted octanol–water partition coefficient (Wildman–Crippen LogP) is 7.35. The van der Waals surface area contributed by atoms with Gasteiger partial charge in [-0.05, 0) is 108 Å². The summed E-state index contributed by atoms with van der Waals surface area (Å²) in [7, 11) is 0. The summed E-state index contributed by atoms with van der Waals surface area (Å²) in [5, 5.41) is 11.7. The van der Waals surface area contributed by atoms with E-state index in [0.717, 1.165) is 30.8 Å². The quantitative estimate of drug-likeness (QED) is 0.463. The zero-order valence-corrected chi connectivity index (χ0v) is 22.1. The van der Waals surface area contributed by atoms with Gasteiger partial charge in [0.2, 0.25) is 0 Å². The maximum atomic E-state index is 14.2. The first-order valence-corrected chi connectivity index (χ1v) is 13.7. The fourth-order valence-corrected chi connectivity index (χ4v) is 11.1. The van der Waals surface area contributed by atoms with Gasteiger partial charge in [0, 0.05) is 5.41 Å². The molecule has 2 nitrogen and oxygen atoms in total. The SMILES string of the molecule is CC(C)C1(O)CCC2(C)C1=CC(=O)C1(C)C2CCC2C3(C)CCCC(C)(C)C3CCC21C. The Balaban J connectivity index is 1.62. The smallest absolute Gasteiger partial charge is 0.162 e. The zero-order valence-electron chi connectivity index (χ0n) is 22.1. The van der Waals surface area contributed by atoms with Crippen molar-refractivity contribution in [3.8, 4) is 0 Å². The van der Waals surface area contributed by atoms with Crippen LogP contribution >= 0.6 is 0 Å². The van der Waals surface area contributed by atoms with Crippen LogP contribution in [-0.2, 0) is 4.79 Å². The van der Waals surface area contributed by atoms with Gasteiger partial charge in [0.05, 0.1) is 5.60 Å². The first-order valence-electron chi connectivity index (χ1n) is 13.7. The molecule has 4 saturated carbocycles. The van der Waals surface area contributed by atoms with Crippen molar-refractivity contribution in [3.63, 3.8) is 0 Å². The monoisotopic (exact) mass is 440 g/mol. The first-order chi connectivity index (χ1) is 14.7. The summed E-state index contributed by atoms with van der Waals surface area (Å²) in [6, 6.07) is 0. The van der Waals surface area contributed by atoms with E-state index < -0.39 is 5.60 Å². The molecular formula is C30H48O2. The first kappa shape index (κ1) is 23.1. The van der Waals surface area contributed by atoms with Gasteiger partial charge in [-0.3, -0.25) is 4.79 Å². The Hall–Kier alpha value is -0.630. The van der Waals surface area contributed by atoms with Gasteiger partial charge in [0.15, 0.2) is 5.78 Å². The van der Waals surface area contributed by atoms with Crippen molar-refractivity contribution < 1.29 is 9.90 Å². The van der Waals surface area contributed by atoms with E-state index in [1.165, 1.54) is 38.5 Å². The van der Waals surface area contributed by atoms with Crippen molar-refractivity contribution in [2.45, 2.75) is 119 Å². The molecule has 0 amide bonds.